The molecule has 0 saturated heterocycles. The predicted molar refractivity (Wildman–Crippen MR) is 164 cm³/mol. The van der Waals surface area contributed by atoms with Crippen LogP contribution in [0.3, 0.4) is 0 Å². The van der Waals surface area contributed by atoms with Gasteiger partial charge in [0.2, 0.25) is 5.95 Å². The molecule has 0 amide bonds. The number of anilines is 1. The van der Waals surface area contributed by atoms with E-state index in [0.717, 1.165) is 24.8 Å². The Kier molecular flexibility index (Phi) is 8.78. The maximum absolute atomic E-state index is 13.3. The summed E-state index contributed by atoms with van der Waals surface area (Å²) in [5, 5.41) is 24.8. The summed E-state index contributed by atoms with van der Waals surface area (Å²) in [7, 11) is 0. The van der Waals surface area contributed by atoms with Crippen molar-refractivity contribution in [3.63, 3.8) is 0 Å². The molecular formula is C32H42N6O5. The van der Waals surface area contributed by atoms with Crippen molar-refractivity contribution in [2.45, 2.75) is 77.5 Å². The number of hydrogen-bond acceptors (Lipinski definition) is 11. The van der Waals surface area contributed by atoms with Gasteiger partial charge in [-0.3, -0.25) is 9.79 Å². The van der Waals surface area contributed by atoms with Gasteiger partial charge in [0.1, 0.15) is 11.6 Å². The quantitative estimate of drug-likeness (QED) is 0.236. The van der Waals surface area contributed by atoms with Crippen LogP contribution in [0.5, 0.6) is 0 Å². The van der Waals surface area contributed by atoms with E-state index >= 15 is 0 Å². The van der Waals surface area contributed by atoms with Crippen LogP contribution in [0.4, 0.5) is 5.95 Å². The van der Waals surface area contributed by atoms with Gasteiger partial charge in [0.25, 0.3) is 0 Å². The lowest BCUT2D eigenvalue weighted by molar-refractivity contribution is -0.153. The van der Waals surface area contributed by atoms with E-state index in [9.17, 15) is 19.8 Å². The number of carbonyl (C=O) groups excluding carboxylic acids is 2. The van der Waals surface area contributed by atoms with Crippen molar-refractivity contribution >= 4 is 35.8 Å². The summed E-state index contributed by atoms with van der Waals surface area (Å²) in [6.45, 7) is 10.8. The summed E-state index contributed by atoms with van der Waals surface area (Å²) in [6.07, 6.45) is 11.1. The van der Waals surface area contributed by atoms with Gasteiger partial charge in [0.05, 0.1) is 37.3 Å². The maximum Gasteiger partial charge on any atom is 0.341 e. The first-order valence-electron chi connectivity index (χ1n) is 15.0. The Morgan fingerprint density at radius 3 is 2.72 bits per heavy atom. The minimum absolute atomic E-state index is 0.0273. The summed E-state index contributed by atoms with van der Waals surface area (Å²) in [6, 6.07) is -1.12. The van der Waals surface area contributed by atoms with Crippen molar-refractivity contribution in [1.29, 1.82) is 0 Å². The van der Waals surface area contributed by atoms with Gasteiger partial charge in [-0.05, 0) is 68.4 Å². The number of nitrogens with two attached hydrogens (primary N) is 1. The van der Waals surface area contributed by atoms with Crippen LogP contribution in [0.1, 0.15) is 64.9 Å². The summed E-state index contributed by atoms with van der Waals surface area (Å²) >= 11 is 0. The highest BCUT2D eigenvalue weighted by atomic mass is 16.5. The number of aliphatic hydroxyl groups excluding tert-OH is 2. The highest BCUT2D eigenvalue weighted by molar-refractivity contribution is 6.07. The molecule has 1 aromatic heterocycles. The Bertz CT molecular complexity index is 1400. The number of cyclic esters (lactones) is 1. The van der Waals surface area contributed by atoms with E-state index in [0.29, 0.717) is 42.1 Å². The van der Waals surface area contributed by atoms with Gasteiger partial charge in [-0.15, -0.1) is 0 Å². The van der Waals surface area contributed by atoms with E-state index in [1.165, 1.54) is 0 Å². The van der Waals surface area contributed by atoms with Crippen LogP contribution in [0.15, 0.2) is 51.9 Å². The van der Waals surface area contributed by atoms with Crippen molar-refractivity contribution < 1.29 is 24.5 Å². The molecule has 1 aromatic rings. The molecule has 3 heterocycles. The number of rotatable bonds is 10. The fraction of sp³-hybridized carbons (Fsp3) is 0.562. The number of nitrogens with zero attached hydrogens (tertiary/aromatic N) is 4. The van der Waals surface area contributed by atoms with Gasteiger partial charge in [-0.25, -0.2) is 19.8 Å². The van der Waals surface area contributed by atoms with Crippen LogP contribution in [0, 0.1) is 22.7 Å². The molecule has 0 spiro atoms. The molecule has 43 heavy (non-hydrogen) atoms. The average Bonchev–Trinajstić information content (AvgIpc) is 3.62. The SMILES string of the molecule is C=C1CCC2[C@](C)(CC[C@@H](O)[C@@]2(C)CO)C1CC(NC(C)C(=O)CC1=NCC=N1)C1=C/C(=C\c2cnc(N)nc2)OC1=O. The fourth-order valence-electron chi connectivity index (χ4n) is 7.60. The number of hydrogen-bond donors (Lipinski definition) is 4. The minimum Gasteiger partial charge on any atom is -0.423 e. The first-order valence-corrected chi connectivity index (χ1v) is 15.0. The Morgan fingerprint density at radius 2 is 2.05 bits per heavy atom. The lowest BCUT2D eigenvalue weighted by Gasteiger charge is -2.60. The minimum atomic E-state index is -0.636. The zero-order valence-corrected chi connectivity index (χ0v) is 25.1. The first kappa shape index (κ1) is 30.9. The lowest BCUT2D eigenvalue weighted by atomic mass is 9.46. The molecule has 2 aliphatic heterocycles. The number of carbonyl (C=O) groups is 2. The van der Waals surface area contributed by atoms with E-state index in [2.05, 4.69) is 38.8 Å². The first-order chi connectivity index (χ1) is 20.4. The van der Waals surface area contributed by atoms with Gasteiger partial charge >= 0.3 is 5.97 Å². The molecule has 0 radical (unpaired) electrons. The molecule has 2 fully saturated rings. The molecule has 2 saturated carbocycles. The average molecular weight is 591 g/mol. The van der Waals surface area contributed by atoms with Crippen molar-refractivity contribution in [2.75, 3.05) is 18.9 Å². The van der Waals surface area contributed by atoms with Crippen molar-refractivity contribution in [3.05, 3.63) is 47.5 Å². The molecule has 0 aromatic carbocycles. The molecule has 230 valence electrons. The molecule has 4 aliphatic rings. The highest BCUT2D eigenvalue weighted by Crippen LogP contribution is 2.62. The molecule has 7 atom stereocenters. The van der Waals surface area contributed by atoms with E-state index in [-0.39, 0.29) is 42.0 Å². The Hall–Kier alpha value is -3.54. The Morgan fingerprint density at radius 1 is 1.30 bits per heavy atom. The highest BCUT2D eigenvalue weighted by Gasteiger charge is 2.58. The van der Waals surface area contributed by atoms with Crippen molar-refractivity contribution in [1.82, 2.24) is 15.3 Å². The number of Topliss-reactive ketones (excluding diaryl/α,β-unsaturated/α-hetero) is 1. The Balaban J connectivity index is 1.46. The van der Waals surface area contributed by atoms with Crippen LogP contribution >= 0.6 is 0 Å². The molecule has 2 aliphatic carbocycles. The van der Waals surface area contributed by atoms with Crippen LogP contribution in [-0.2, 0) is 14.3 Å². The number of ketones is 1. The number of aromatic nitrogens is 2. The fourth-order valence-corrected chi connectivity index (χ4v) is 7.60. The molecule has 5 rings (SSSR count). The molecule has 11 nitrogen and oxygen atoms in total. The number of allylic oxidation sites excluding steroid dienone is 2. The maximum atomic E-state index is 13.3. The molecule has 5 N–H and O–H groups in total. The Labute approximate surface area is 252 Å². The van der Waals surface area contributed by atoms with Crippen molar-refractivity contribution in [3.8, 4) is 0 Å². The van der Waals surface area contributed by atoms with Gasteiger partial charge < -0.3 is 26.0 Å². The molecule has 4 unspecified atom stereocenters. The smallest absolute Gasteiger partial charge is 0.341 e. The summed E-state index contributed by atoms with van der Waals surface area (Å²) in [5.41, 5.74) is 6.82. The van der Waals surface area contributed by atoms with E-state index in [1.807, 2.05) is 6.92 Å². The summed E-state index contributed by atoms with van der Waals surface area (Å²) in [5.74, 6) is 0.454. The zero-order chi connectivity index (χ0) is 30.9. The number of aliphatic imine (C=N–C) groups is 2. The van der Waals surface area contributed by atoms with Crippen LogP contribution in [0.2, 0.25) is 0 Å². The lowest BCUT2D eigenvalue weighted by Crippen LogP contribution is -2.58. The van der Waals surface area contributed by atoms with Gasteiger partial charge in [-0.1, -0.05) is 26.0 Å². The number of amidine groups is 1. The van der Waals surface area contributed by atoms with Gasteiger partial charge in [0.15, 0.2) is 5.78 Å². The summed E-state index contributed by atoms with van der Waals surface area (Å²) in [4.78, 5) is 43.0. The van der Waals surface area contributed by atoms with Crippen LogP contribution in [-0.4, -0.2) is 75.3 Å². The number of esters is 1. The van der Waals surface area contributed by atoms with E-state index in [4.69, 9.17) is 10.5 Å². The molecule has 11 heteroatoms. The van der Waals surface area contributed by atoms with Gasteiger partial charge in [0, 0.05) is 35.6 Å². The second-order valence-electron chi connectivity index (χ2n) is 12.8. The topological polar surface area (TPSA) is 172 Å². The molecular weight excluding hydrogens is 548 g/mol. The summed E-state index contributed by atoms with van der Waals surface area (Å²) < 4.78 is 5.64. The third-order valence-electron chi connectivity index (χ3n) is 10.1. The number of fused-ring (bicyclic) bond motifs is 1. The normalized spacial score (nSPS) is 32.7. The standard InChI is InChI=1S/C32H42N6O5/c1-18-5-6-26-31(3,8-7-27(41)32(26,4)17-39)23(18)13-24(38-19(2)25(40)14-28-34-9-10-35-28)22-12-21(43-29(22)42)11-20-15-36-30(33)37-16-20/h9,11-12,15-16,19,23-24,26-27,38-39,41H,1,5-8,10,13-14,17H2,2-4H3,(H2,33,36,37)/b21-11+/t19?,23?,24?,26?,27-,31-,32+/m1/s1. The third kappa shape index (κ3) is 6.11. The van der Waals surface area contributed by atoms with E-state index in [1.54, 1.807) is 37.7 Å². The van der Waals surface area contributed by atoms with E-state index < -0.39 is 29.6 Å². The van der Waals surface area contributed by atoms with Crippen LogP contribution < -0.4 is 11.1 Å². The molecule has 0 bridgehead atoms. The largest absolute Gasteiger partial charge is 0.423 e. The van der Waals surface area contributed by atoms with Crippen LogP contribution in [0.25, 0.3) is 6.08 Å². The monoisotopic (exact) mass is 590 g/mol. The number of nitrogens with one attached hydrogen (secondary N) is 1. The van der Waals surface area contributed by atoms with Gasteiger partial charge in [-0.2, -0.15) is 0 Å². The number of aliphatic hydroxyl groups is 2. The second-order valence-corrected chi connectivity index (χ2v) is 12.8. The second kappa shape index (κ2) is 12.2. The predicted octanol–water partition coefficient (Wildman–Crippen LogP) is 2.80. The number of ether oxygens (including phenoxy) is 1. The third-order valence-corrected chi connectivity index (χ3v) is 10.1. The van der Waals surface area contributed by atoms with Crippen molar-refractivity contribution in [2.24, 2.45) is 32.7 Å². The zero-order valence-electron chi connectivity index (χ0n) is 25.1. The number of nitrogen functional groups attached to an aromatic ring is 1.